The Morgan fingerprint density at radius 2 is 1.63 bits per heavy atom. The van der Waals surface area contributed by atoms with Gasteiger partial charge in [-0.2, -0.15) is 0 Å². The SMILES string of the molecule is O=C(N/N=c1/oc2ccccc2cc1-c1cc2ccccc2[nH]1)c1ccc(Cl)cc1. The molecule has 5 aromatic rings. The van der Waals surface area contributed by atoms with Crippen molar-refractivity contribution in [3.05, 3.63) is 101 Å². The largest absolute Gasteiger partial charge is 0.436 e. The molecule has 2 heterocycles. The molecule has 0 atom stereocenters. The minimum Gasteiger partial charge on any atom is -0.436 e. The fourth-order valence-corrected chi connectivity index (χ4v) is 3.46. The van der Waals surface area contributed by atoms with E-state index in [4.69, 9.17) is 16.0 Å². The number of hydrogen-bond acceptors (Lipinski definition) is 3. The molecule has 0 saturated heterocycles. The lowest BCUT2D eigenvalue weighted by Crippen LogP contribution is -2.22. The second kappa shape index (κ2) is 7.54. The molecule has 0 aliphatic heterocycles. The van der Waals surface area contributed by atoms with Crippen LogP contribution < -0.4 is 11.0 Å². The Labute approximate surface area is 176 Å². The van der Waals surface area contributed by atoms with Gasteiger partial charge in [0, 0.05) is 26.9 Å². The Kier molecular flexibility index (Phi) is 4.58. The van der Waals surface area contributed by atoms with E-state index in [9.17, 15) is 4.79 Å². The molecule has 0 radical (unpaired) electrons. The van der Waals surface area contributed by atoms with Gasteiger partial charge in [0.05, 0.1) is 11.3 Å². The molecule has 3 aromatic carbocycles. The quantitative estimate of drug-likeness (QED) is 0.384. The molecule has 6 heteroatoms. The van der Waals surface area contributed by atoms with Crippen LogP contribution in [0.25, 0.3) is 33.1 Å². The molecule has 0 aliphatic carbocycles. The number of para-hydroxylation sites is 2. The van der Waals surface area contributed by atoms with E-state index in [-0.39, 0.29) is 5.91 Å². The van der Waals surface area contributed by atoms with Crippen molar-refractivity contribution in [1.29, 1.82) is 0 Å². The molecular weight excluding hydrogens is 398 g/mol. The Balaban J connectivity index is 1.62. The maximum absolute atomic E-state index is 12.5. The molecule has 2 aromatic heterocycles. The van der Waals surface area contributed by atoms with Crippen molar-refractivity contribution in [3.8, 4) is 11.3 Å². The van der Waals surface area contributed by atoms with Crippen LogP contribution in [0.3, 0.4) is 0 Å². The van der Waals surface area contributed by atoms with Crippen molar-refractivity contribution in [3.63, 3.8) is 0 Å². The van der Waals surface area contributed by atoms with Gasteiger partial charge in [-0.25, -0.2) is 5.43 Å². The summed E-state index contributed by atoms with van der Waals surface area (Å²) in [5, 5.41) is 6.87. The highest BCUT2D eigenvalue weighted by atomic mass is 35.5. The molecule has 0 aliphatic rings. The third kappa shape index (κ3) is 3.47. The zero-order chi connectivity index (χ0) is 20.5. The predicted octanol–water partition coefficient (Wildman–Crippen LogP) is 5.48. The zero-order valence-electron chi connectivity index (χ0n) is 15.7. The summed E-state index contributed by atoms with van der Waals surface area (Å²) in [6.07, 6.45) is 0. The average Bonchev–Trinajstić information content (AvgIpc) is 3.21. The molecule has 0 fully saturated rings. The first-order valence-corrected chi connectivity index (χ1v) is 9.76. The number of carbonyl (C=O) groups excluding carboxylic acids is 1. The lowest BCUT2D eigenvalue weighted by Gasteiger charge is -2.04. The average molecular weight is 414 g/mol. The molecule has 146 valence electrons. The number of H-pyrrole nitrogens is 1. The molecule has 1 amide bonds. The second-order valence-corrected chi connectivity index (χ2v) is 7.27. The van der Waals surface area contributed by atoms with E-state index in [1.807, 2.05) is 60.7 Å². The number of aromatic amines is 1. The third-order valence-corrected chi connectivity index (χ3v) is 5.09. The molecule has 0 unspecified atom stereocenters. The van der Waals surface area contributed by atoms with Gasteiger partial charge in [0.25, 0.3) is 5.91 Å². The number of nitrogens with one attached hydrogen (secondary N) is 2. The minimum atomic E-state index is -0.349. The monoisotopic (exact) mass is 413 g/mol. The zero-order valence-corrected chi connectivity index (χ0v) is 16.5. The normalized spacial score (nSPS) is 11.8. The van der Waals surface area contributed by atoms with Crippen molar-refractivity contribution >= 4 is 39.4 Å². The summed E-state index contributed by atoms with van der Waals surface area (Å²) >= 11 is 5.89. The van der Waals surface area contributed by atoms with Gasteiger partial charge >= 0.3 is 0 Å². The number of rotatable bonds is 3. The van der Waals surface area contributed by atoms with Gasteiger partial charge in [0.15, 0.2) is 0 Å². The van der Waals surface area contributed by atoms with Gasteiger partial charge in [-0.15, -0.1) is 5.10 Å². The van der Waals surface area contributed by atoms with Gasteiger partial charge in [-0.05, 0) is 48.5 Å². The number of aromatic nitrogens is 1. The van der Waals surface area contributed by atoms with Crippen LogP contribution in [-0.4, -0.2) is 10.9 Å². The van der Waals surface area contributed by atoms with E-state index in [0.29, 0.717) is 21.7 Å². The number of fused-ring (bicyclic) bond motifs is 2. The van der Waals surface area contributed by atoms with E-state index in [0.717, 1.165) is 27.5 Å². The molecule has 30 heavy (non-hydrogen) atoms. The molecule has 0 spiro atoms. The predicted molar refractivity (Wildman–Crippen MR) is 118 cm³/mol. The standard InChI is InChI=1S/C24H16ClN3O2/c25-18-11-9-15(10-12-18)23(29)27-28-24-19(13-17-6-2-4-8-22(17)30-24)21-14-16-5-1-3-7-20(16)26-21/h1-14,26H,(H,27,29)/b28-24+. The Bertz CT molecular complexity index is 1420. The minimum absolute atomic E-state index is 0.308. The molecular formula is C24H16ClN3O2. The summed E-state index contributed by atoms with van der Waals surface area (Å²) in [6.45, 7) is 0. The summed E-state index contributed by atoms with van der Waals surface area (Å²) in [7, 11) is 0. The maximum Gasteiger partial charge on any atom is 0.271 e. The van der Waals surface area contributed by atoms with Gasteiger partial charge < -0.3 is 9.40 Å². The van der Waals surface area contributed by atoms with Crippen LogP contribution in [0.4, 0.5) is 0 Å². The van der Waals surface area contributed by atoms with Crippen LogP contribution in [0.1, 0.15) is 10.4 Å². The van der Waals surface area contributed by atoms with E-state index < -0.39 is 0 Å². The van der Waals surface area contributed by atoms with Crippen LogP contribution in [0.15, 0.2) is 94.4 Å². The molecule has 5 nitrogen and oxygen atoms in total. The fraction of sp³-hybridized carbons (Fsp3) is 0. The topological polar surface area (TPSA) is 70.4 Å². The number of nitrogens with zero attached hydrogens (tertiary/aromatic N) is 1. The molecule has 2 N–H and O–H groups in total. The van der Waals surface area contributed by atoms with Crippen LogP contribution in [0.2, 0.25) is 5.02 Å². The summed E-state index contributed by atoms with van der Waals surface area (Å²) in [4.78, 5) is 15.9. The highest BCUT2D eigenvalue weighted by molar-refractivity contribution is 6.30. The summed E-state index contributed by atoms with van der Waals surface area (Å²) in [5.41, 5.74) is 6.63. The number of halogens is 1. The second-order valence-electron chi connectivity index (χ2n) is 6.83. The first kappa shape index (κ1) is 18.2. The first-order valence-electron chi connectivity index (χ1n) is 9.38. The highest BCUT2D eigenvalue weighted by Gasteiger charge is 2.11. The Morgan fingerprint density at radius 1 is 0.900 bits per heavy atom. The third-order valence-electron chi connectivity index (χ3n) is 4.84. The van der Waals surface area contributed by atoms with E-state index in [1.54, 1.807) is 24.3 Å². The Hall–Kier alpha value is -3.83. The number of amides is 1. The van der Waals surface area contributed by atoms with Crippen LogP contribution in [-0.2, 0) is 0 Å². The molecule has 0 saturated carbocycles. The first-order chi connectivity index (χ1) is 14.7. The maximum atomic E-state index is 12.5. The van der Waals surface area contributed by atoms with E-state index >= 15 is 0 Å². The van der Waals surface area contributed by atoms with Gasteiger partial charge in [0.1, 0.15) is 5.58 Å². The fourth-order valence-electron chi connectivity index (χ4n) is 3.33. The number of carbonyl (C=O) groups is 1. The van der Waals surface area contributed by atoms with E-state index in [2.05, 4.69) is 15.5 Å². The Morgan fingerprint density at radius 3 is 2.43 bits per heavy atom. The van der Waals surface area contributed by atoms with Crippen molar-refractivity contribution in [2.24, 2.45) is 5.10 Å². The number of hydrogen-bond donors (Lipinski definition) is 2. The van der Waals surface area contributed by atoms with Gasteiger partial charge in [0.2, 0.25) is 5.55 Å². The van der Waals surface area contributed by atoms with Gasteiger partial charge in [-0.3, -0.25) is 4.79 Å². The van der Waals surface area contributed by atoms with Crippen LogP contribution in [0, 0.1) is 0 Å². The van der Waals surface area contributed by atoms with Crippen molar-refractivity contribution in [1.82, 2.24) is 10.4 Å². The smallest absolute Gasteiger partial charge is 0.271 e. The summed E-state index contributed by atoms with van der Waals surface area (Å²) in [6, 6.07) is 26.3. The van der Waals surface area contributed by atoms with Crippen LogP contribution in [0.5, 0.6) is 0 Å². The summed E-state index contributed by atoms with van der Waals surface area (Å²) in [5.74, 6) is -0.349. The lowest BCUT2D eigenvalue weighted by atomic mass is 10.1. The number of benzene rings is 3. The van der Waals surface area contributed by atoms with Gasteiger partial charge in [-0.1, -0.05) is 48.0 Å². The van der Waals surface area contributed by atoms with E-state index in [1.165, 1.54) is 0 Å². The highest BCUT2D eigenvalue weighted by Crippen LogP contribution is 2.24. The molecule has 0 bridgehead atoms. The van der Waals surface area contributed by atoms with Crippen molar-refractivity contribution in [2.75, 3.05) is 0 Å². The molecule has 5 rings (SSSR count). The van der Waals surface area contributed by atoms with Crippen LogP contribution >= 0.6 is 11.6 Å². The van der Waals surface area contributed by atoms with Crippen molar-refractivity contribution < 1.29 is 9.21 Å². The lowest BCUT2D eigenvalue weighted by molar-refractivity contribution is 0.0951. The summed E-state index contributed by atoms with van der Waals surface area (Å²) < 4.78 is 6.03. The van der Waals surface area contributed by atoms with Crippen molar-refractivity contribution in [2.45, 2.75) is 0 Å².